The maximum Gasteiger partial charge on any atom is 0.0183 e. The summed E-state index contributed by atoms with van der Waals surface area (Å²) in [7, 11) is 0. The third kappa shape index (κ3) is 2.15. The second-order valence-corrected chi connectivity index (χ2v) is 5.85. The lowest BCUT2D eigenvalue weighted by Gasteiger charge is -2.48. The predicted molar refractivity (Wildman–Crippen MR) is 69.3 cm³/mol. The van der Waals surface area contributed by atoms with Gasteiger partial charge in [0.15, 0.2) is 0 Å². The van der Waals surface area contributed by atoms with Gasteiger partial charge in [0.05, 0.1) is 0 Å². The van der Waals surface area contributed by atoms with E-state index >= 15 is 0 Å². The summed E-state index contributed by atoms with van der Waals surface area (Å²) in [6, 6.07) is 10.8. The number of rotatable bonds is 2. The van der Waals surface area contributed by atoms with Crippen LogP contribution in [0.2, 0.25) is 0 Å². The van der Waals surface area contributed by atoms with Crippen LogP contribution in [0.5, 0.6) is 0 Å². The Hall–Kier alpha value is -0.820. The molecule has 0 radical (unpaired) electrons. The van der Waals surface area contributed by atoms with E-state index in [1.807, 2.05) is 0 Å². The monoisotopic (exact) mass is 217 g/mol. The standard InChI is InChI=1S/C15H23N/c1-14(10-6-7-11-15(14,2)16)12-13-8-4-3-5-9-13/h3-5,8-9H,6-7,10-12,16H2,1-2H3. The SMILES string of the molecule is CC1(N)CCCCC1(C)Cc1ccccc1. The van der Waals surface area contributed by atoms with Crippen LogP contribution in [0.4, 0.5) is 0 Å². The molecule has 0 saturated heterocycles. The van der Waals surface area contributed by atoms with Crippen LogP contribution >= 0.6 is 0 Å². The molecule has 0 heterocycles. The first-order chi connectivity index (χ1) is 7.54. The molecule has 0 amide bonds. The van der Waals surface area contributed by atoms with Gasteiger partial charge in [0.2, 0.25) is 0 Å². The molecule has 2 N–H and O–H groups in total. The van der Waals surface area contributed by atoms with Gasteiger partial charge < -0.3 is 5.73 Å². The molecule has 1 nitrogen and oxygen atoms in total. The van der Waals surface area contributed by atoms with E-state index in [1.54, 1.807) is 0 Å². The Morgan fingerprint density at radius 3 is 2.31 bits per heavy atom. The molecule has 2 unspecified atom stereocenters. The number of nitrogens with two attached hydrogens (primary N) is 1. The van der Waals surface area contributed by atoms with E-state index in [9.17, 15) is 0 Å². The zero-order valence-corrected chi connectivity index (χ0v) is 10.5. The smallest absolute Gasteiger partial charge is 0.0183 e. The minimum Gasteiger partial charge on any atom is -0.325 e. The second kappa shape index (κ2) is 4.21. The average Bonchev–Trinajstić information content (AvgIpc) is 2.24. The van der Waals surface area contributed by atoms with Crippen molar-refractivity contribution in [3.8, 4) is 0 Å². The Bertz CT molecular complexity index is 342. The molecule has 0 aliphatic heterocycles. The molecular weight excluding hydrogens is 194 g/mol. The fourth-order valence-corrected chi connectivity index (χ4v) is 2.93. The van der Waals surface area contributed by atoms with Crippen LogP contribution in [0.3, 0.4) is 0 Å². The molecule has 1 heteroatoms. The highest BCUT2D eigenvalue weighted by atomic mass is 14.8. The number of hydrogen-bond donors (Lipinski definition) is 1. The van der Waals surface area contributed by atoms with Crippen LogP contribution in [-0.2, 0) is 6.42 Å². The quantitative estimate of drug-likeness (QED) is 0.806. The van der Waals surface area contributed by atoms with Crippen molar-refractivity contribution in [1.29, 1.82) is 0 Å². The maximum absolute atomic E-state index is 6.50. The van der Waals surface area contributed by atoms with E-state index in [4.69, 9.17) is 5.73 Å². The highest BCUT2D eigenvalue weighted by Gasteiger charge is 2.43. The molecule has 2 rings (SSSR count). The van der Waals surface area contributed by atoms with Crippen molar-refractivity contribution in [2.75, 3.05) is 0 Å². The van der Waals surface area contributed by atoms with Gasteiger partial charge in [-0.3, -0.25) is 0 Å². The molecule has 0 aromatic heterocycles. The van der Waals surface area contributed by atoms with Crippen molar-refractivity contribution in [1.82, 2.24) is 0 Å². The molecular formula is C15H23N. The van der Waals surface area contributed by atoms with Crippen LogP contribution < -0.4 is 5.73 Å². The van der Waals surface area contributed by atoms with Gasteiger partial charge in [0.1, 0.15) is 0 Å². The zero-order valence-electron chi connectivity index (χ0n) is 10.5. The Kier molecular flexibility index (Phi) is 3.07. The van der Waals surface area contributed by atoms with Gasteiger partial charge in [0.25, 0.3) is 0 Å². The van der Waals surface area contributed by atoms with Crippen LogP contribution in [0.15, 0.2) is 30.3 Å². The summed E-state index contributed by atoms with van der Waals surface area (Å²) in [5.74, 6) is 0. The van der Waals surface area contributed by atoms with Crippen molar-refractivity contribution in [3.05, 3.63) is 35.9 Å². The summed E-state index contributed by atoms with van der Waals surface area (Å²) >= 11 is 0. The van der Waals surface area contributed by atoms with Gasteiger partial charge in [0, 0.05) is 5.54 Å². The van der Waals surface area contributed by atoms with Crippen LogP contribution in [0, 0.1) is 5.41 Å². The lowest BCUT2D eigenvalue weighted by Crippen LogP contribution is -2.54. The van der Waals surface area contributed by atoms with Crippen LogP contribution in [0.1, 0.15) is 45.1 Å². The van der Waals surface area contributed by atoms with E-state index in [0.717, 1.165) is 12.8 Å². The molecule has 1 saturated carbocycles. The molecule has 0 bridgehead atoms. The topological polar surface area (TPSA) is 26.0 Å². The van der Waals surface area contributed by atoms with Crippen molar-refractivity contribution in [2.24, 2.45) is 11.1 Å². The molecule has 1 aromatic carbocycles. The van der Waals surface area contributed by atoms with E-state index in [0.29, 0.717) is 0 Å². The summed E-state index contributed by atoms with van der Waals surface area (Å²) in [5, 5.41) is 0. The fourth-order valence-electron chi connectivity index (χ4n) is 2.93. The van der Waals surface area contributed by atoms with Gasteiger partial charge >= 0.3 is 0 Å². The van der Waals surface area contributed by atoms with Crippen molar-refractivity contribution < 1.29 is 0 Å². The molecule has 16 heavy (non-hydrogen) atoms. The summed E-state index contributed by atoms with van der Waals surface area (Å²) in [4.78, 5) is 0. The average molecular weight is 217 g/mol. The molecule has 1 aromatic rings. The zero-order chi connectivity index (χ0) is 11.6. The van der Waals surface area contributed by atoms with Gasteiger partial charge in [-0.05, 0) is 37.2 Å². The van der Waals surface area contributed by atoms with Gasteiger partial charge in [-0.2, -0.15) is 0 Å². The summed E-state index contributed by atoms with van der Waals surface area (Å²) in [6.07, 6.45) is 6.15. The first-order valence-corrected chi connectivity index (χ1v) is 6.36. The number of hydrogen-bond acceptors (Lipinski definition) is 1. The third-order valence-electron chi connectivity index (χ3n) is 4.49. The van der Waals surface area contributed by atoms with E-state index in [2.05, 4.69) is 44.2 Å². The van der Waals surface area contributed by atoms with Gasteiger partial charge in [-0.1, -0.05) is 50.1 Å². The Morgan fingerprint density at radius 2 is 1.69 bits per heavy atom. The molecule has 1 aliphatic carbocycles. The second-order valence-electron chi connectivity index (χ2n) is 5.85. The summed E-state index contributed by atoms with van der Waals surface area (Å²) in [6.45, 7) is 4.59. The summed E-state index contributed by atoms with van der Waals surface area (Å²) < 4.78 is 0. The molecule has 2 atom stereocenters. The lowest BCUT2D eigenvalue weighted by atomic mass is 9.61. The largest absolute Gasteiger partial charge is 0.325 e. The van der Waals surface area contributed by atoms with E-state index in [-0.39, 0.29) is 11.0 Å². The van der Waals surface area contributed by atoms with Crippen molar-refractivity contribution >= 4 is 0 Å². The van der Waals surface area contributed by atoms with Crippen molar-refractivity contribution in [2.45, 2.75) is 51.5 Å². The highest BCUT2D eigenvalue weighted by Crippen LogP contribution is 2.44. The van der Waals surface area contributed by atoms with E-state index in [1.165, 1.54) is 24.8 Å². The normalized spacial score (nSPS) is 34.9. The Morgan fingerprint density at radius 1 is 1.06 bits per heavy atom. The van der Waals surface area contributed by atoms with Crippen LogP contribution in [0.25, 0.3) is 0 Å². The maximum atomic E-state index is 6.50. The fraction of sp³-hybridized carbons (Fsp3) is 0.600. The van der Waals surface area contributed by atoms with Gasteiger partial charge in [-0.15, -0.1) is 0 Å². The highest BCUT2D eigenvalue weighted by molar-refractivity contribution is 5.18. The van der Waals surface area contributed by atoms with Crippen LogP contribution in [-0.4, -0.2) is 5.54 Å². The number of benzene rings is 1. The predicted octanol–water partition coefficient (Wildman–Crippen LogP) is 3.53. The lowest BCUT2D eigenvalue weighted by molar-refractivity contribution is 0.0947. The molecule has 1 aliphatic rings. The Labute approximate surface area is 99.0 Å². The van der Waals surface area contributed by atoms with Gasteiger partial charge in [-0.25, -0.2) is 0 Å². The molecule has 1 fully saturated rings. The Balaban J connectivity index is 2.18. The third-order valence-corrected chi connectivity index (χ3v) is 4.49. The minimum absolute atomic E-state index is 0.0128. The molecule has 88 valence electrons. The minimum atomic E-state index is -0.0128. The molecule has 0 spiro atoms. The first kappa shape index (κ1) is 11.7. The first-order valence-electron chi connectivity index (χ1n) is 6.36. The summed E-state index contributed by atoms with van der Waals surface area (Å²) in [5.41, 5.74) is 8.17. The van der Waals surface area contributed by atoms with Crippen molar-refractivity contribution in [3.63, 3.8) is 0 Å². The van der Waals surface area contributed by atoms with E-state index < -0.39 is 0 Å².